The zero-order valence-electron chi connectivity index (χ0n) is 14.0. The Morgan fingerprint density at radius 2 is 1.78 bits per heavy atom. The number of carbonyl (C=O) groups excluding carboxylic acids is 1. The zero-order valence-corrected chi connectivity index (χ0v) is 14.0. The standard InChI is InChI=1S/C18H15F3N4O2/c19-18(20,21)27-15-3-1-14(2-4-15)17(26)23-10-12-25-11-7-16(24-25)13-5-8-22-9-6-13/h1-9,11H,10,12H2,(H,23,26). The van der Waals surface area contributed by atoms with Gasteiger partial charge in [-0.1, -0.05) is 0 Å². The van der Waals surface area contributed by atoms with Crippen LogP contribution in [0.15, 0.2) is 61.1 Å². The van der Waals surface area contributed by atoms with Crippen LogP contribution in [0.3, 0.4) is 0 Å². The number of amides is 1. The molecular weight excluding hydrogens is 361 g/mol. The van der Waals surface area contributed by atoms with E-state index in [1.165, 1.54) is 12.1 Å². The average molecular weight is 376 g/mol. The van der Waals surface area contributed by atoms with Crippen molar-refractivity contribution in [2.75, 3.05) is 6.54 Å². The number of ether oxygens (including phenoxy) is 1. The smallest absolute Gasteiger partial charge is 0.406 e. The third-order valence-electron chi connectivity index (χ3n) is 3.59. The minimum absolute atomic E-state index is 0.238. The first-order chi connectivity index (χ1) is 12.9. The summed E-state index contributed by atoms with van der Waals surface area (Å²) in [5.41, 5.74) is 1.97. The molecular formula is C18H15F3N4O2. The van der Waals surface area contributed by atoms with Crippen molar-refractivity contribution in [3.63, 3.8) is 0 Å². The Balaban J connectivity index is 1.50. The third-order valence-corrected chi connectivity index (χ3v) is 3.59. The molecule has 0 saturated heterocycles. The molecule has 3 aromatic rings. The number of aromatic nitrogens is 3. The second-order valence-electron chi connectivity index (χ2n) is 5.53. The van der Waals surface area contributed by atoms with Gasteiger partial charge in [0.1, 0.15) is 5.75 Å². The lowest BCUT2D eigenvalue weighted by Gasteiger charge is -2.09. The van der Waals surface area contributed by atoms with Crippen LogP contribution in [0, 0.1) is 0 Å². The Labute approximate surface area is 152 Å². The Morgan fingerprint density at radius 1 is 1.07 bits per heavy atom. The summed E-state index contributed by atoms with van der Waals surface area (Å²) < 4.78 is 41.8. The van der Waals surface area contributed by atoms with Crippen molar-refractivity contribution < 1.29 is 22.7 Å². The summed E-state index contributed by atoms with van der Waals surface area (Å²) in [5.74, 6) is -0.769. The summed E-state index contributed by atoms with van der Waals surface area (Å²) >= 11 is 0. The van der Waals surface area contributed by atoms with Gasteiger partial charge < -0.3 is 10.1 Å². The molecule has 2 heterocycles. The van der Waals surface area contributed by atoms with E-state index < -0.39 is 12.3 Å². The lowest BCUT2D eigenvalue weighted by Crippen LogP contribution is -2.27. The lowest BCUT2D eigenvalue weighted by molar-refractivity contribution is -0.274. The van der Waals surface area contributed by atoms with Gasteiger partial charge in [-0.25, -0.2) is 0 Å². The highest BCUT2D eigenvalue weighted by molar-refractivity contribution is 5.94. The molecule has 0 atom stereocenters. The SMILES string of the molecule is O=C(NCCn1ccc(-c2ccncc2)n1)c1ccc(OC(F)(F)F)cc1. The normalized spacial score (nSPS) is 11.2. The van der Waals surface area contributed by atoms with Crippen molar-refractivity contribution in [2.45, 2.75) is 12.9 Å². The van der Waals surface area contributed by atoms with Crippen molar-refractivity contribution in [3.05, 3.63) is 66.6 Å². The summed E-state index contributed by atoms with van der Waals surface area (Å²) in [6, 6.07) is 10.3. The van der Waals surface area contributed by atoms with Gasteiger partial charge >= 0.3 is 6.36 Å². The van der Waals surface area contributed by atoms with E-state index in [4.69, 9.17) is 0 Å². The van der Waals surface area contributed by atoms with Crippen LogP contribution in [0.2, 0.25) is 0 Å². The third kappa shape index (κ3) is 5.30. The quantitative estimate of drug-likeness (QED) is 0.717. The molecule has 9 heteroatoms. The minimum atomic E-state index is -4.76. The molecule has 1 N–H and O–H groups in total. The molecule has 0 saturated carbocycles. The number of benzene rings is 1. The number of hydrogen-bond donors (Lipinski definition) is 1. The number of nitrogens with one attached hydrogen (secondary N) is 1. The highest BCUT2D eigenvalue weighted by atomic mass is 19.4. The van der Waals surface area contributed by atoms with Gasteiger partial charge in [0.15, 0.2) is 0 Å². The van der Waals surface area contributed by atoms with Gasteiger partial charge in [0, 0.05) is 36.3 Å². The Kier molecular flexibility index (Phi) is 5.39. The van der Waals surface area contributed by atoms with E-state index in [0.29, 0.717) is 13.1 Å². The summed E-state index contributed by atoms with van der Waals surface area (Å²) in [7, 11) is 0. The molecule has 1 amide bonds. The number of alkyl halides is 3. The van der Waals surface area contributed by atoms with Gasteiger partial charge in [0.2, 0.25) is 0 Å². The second-order valence-corrected chi connectivity index (χ2v) is 5.53. The van der Waals surface area contributed by atoms with E-state index in [1.54, 1.807) is 23.3 Å². The second kappa shape index (κ2) is 7.90. The van der Waals surface area contributed by atoms with Crippen molar-refractivity contribution in [1.29, 1.82) is 0 Å². The fraction of sp³-hybridized carbons (Fsp3) is 0.167. The summed E-state index contributed by atoms with van der Waals surface area (Å²) in [6.07, 6.45) is 0.396. The predicted molar refractivity (Wildman–Crippen MR) is 90.9 cm³/mol. The van der Waals surface area contributed by atoms with Crippen LogP contribution in [0.4, 0.5) is 13.2 Å². The summed E-state index contributed by atoms with van der Waals surface area (Å²) in [6.45, 7) is 0.767. The van der Waals surface area contributed by atoms with E-state index in [0.717, 1.165) is 23.4 Å². The Hall–Kier alpha value is -3.36. The van der Waals surface area contributed by atoms with E-state index in [-0.39, 0.29) is 11.3 Å². The maximum absolute atomic E-state index is 12.1. The number of pyridine rings is 1. The molecule has 6 nitrogen and oxygen atoms in total. The predicted octanol–water partition coefficient (Wildman–Crippen LogP) is 3.27. The topological polar surface area (TPSA) is 69.0 Å². The first-order valence-corrected chi connectivity index (χ1v) is 7.98. The van der Waals surface area contributed by atoms with Crippen molar-refractivity contribution in [3.8, 4) is 17.0 Å². The molecule has 0 fully saturated rings. The fourth-order valence-electron chi connectivity index (χ4n) is 2.36. The largest absolute Gasteiger partial charge is 0.573 e. The van der Waals surface area contributed by atoms with Crippen molar-refractivity contribution in [1.82, 2.24) is 20.1 Å². The van der Waals surface area contributed by atoms with Crippen LogP contribution in [0.5, 0.6) is 5.75 Å². The highest BCUT2D eigenvalue weighted by Gasteiger charge is 2.31. The Morgan fingerprint density at radius 3 is 2.44 bits per heavy atom. The van der Waals surface area contributed by atoms with E-state index in [1.807, 2.05) is 18.2 Å². The monoisotopic (exact) mass is 376 g/mol. The number of halogens is 3. The molecule has 0 aliphatic heterocycles. The van der Waals surface area contributed by atoms with Crippen LogP contribution >= 0.6 is 0 Å². The van der Waals surface area contributed by atoms with Crippen LogP contribution in [0.25, 0.3) is 11.3 Å². The van der Waals surface area contributed by atoms with Crippen LogP contribution < -0.4 is 10.1 Å². The molecule has 0 aliphatic rings. The highest BCUT2D eigenvalue weighted by Crippen LogP contribution is 2.22. The number of hydrogen-bond acceptors (Lipinski definition) is 4. The lowest BCUT2D eigenvalue weighted by atomic mass is 10.2. The zero-order chi connectivity index (χ0) is 19.3. The number of carbonyl (C=O) groups is 1. The summed E-state index contributed by atoms with van der Waals surface area (Å²) in [5, 5.41) is 7.10. The average Bonchev–Trinajstić information content (AvgIpc) is 3.10. The molecule has 2 aromatic heterocycles. The van der Waals surface area contributed by atoms with Crippen LogP contribution in [-0.2, 0) is 6.54 Å². The molecule has 0 unspecified atom stereocenters. The molecule has 27 heavy (non-hydrogen) atoms. The molecule has 1 aromatic carbocycles. The number of nitrogens with zero attached hydrogens (tertiary/aromatic N) is 3. The van der Waals surface area contributed by atoms with Crippen LogP contribution in [0.1, 0.15) is 10.4 Å². The Bertz CT molecular complexity index is 893. The maximum Gasteiger partial charge on any atom is 0.573 e. The molecule has 0 aliphatic carbocycles. The van der Waals surface area contributed by atoms with Gasteiger partial charge in [-0.2, -0.15) is 5.10 Å². The first kappa shape index (κ1) is 18.4. The van der Waals surface area contributed by atoms with E-state index in [2.05, 4.69) is 20.1 Å². The van der Waals surface area contributed by atoms with Gasteiger partial charge in [-0.15, -0.1) is 13.2 Å². The maximum atomic E-state index is 12.1. The summed E-state index contributed by atoms with van der Waals surface area (Å²) in [4.78, 5) is 16.0. The molecule has 0 spiro atoms. The van der Waals surface area contributed by atoms with E-state index >= 15 is 0 Å². The molecule has 3 rings (SSSR count). The van der Waals surface area contributed by atoms with Crippen LogP contribution in [-0.4, -0.2) is 33.6 Å². The molecule has 0 radical (unpaired) electrons. The van der Waals surface area contributed by atoms with E-state index in [9.17, 15) is 18.0 Å². The van der Waals surface area contributed by atoms with Gasteiger partial charge in [0.05, 0.1) is 12.2 Å². The fourth-order valence-corrected chi connectivity index (χ4v) is 2.36. The minimum Gasteiger partial charge on any atom is -0.406 e. The molecule has 140 valence electrons. The van der Waals surface area contributed by atoms with Crippen molar-refractivity contribution >= 4 is 5.91 Å². The van der Waals surface area contributed by atoms with Gasteiger partial charge in [-0.3, -0.25) is 14.5 Å². The van der Waals surface area contributed by atoms with Crippen molar-refractivity contribution in [2.24, 2.45) is 0 Å². The number of rotatable bonds is 6. The van der Waals surface area contributed by atoms with Gasteiger partial charge in [-0.05, 0) is 42.5 Å². The molecule has 0 bridgehead atoms. The van der Waals surface area contributed by atoms with Gasteiger partial charge in [0.25, 0.3) is 5.91 Å². The first-order valence-electron chi connectivity index (χ1n) is 7.98.